The number of carbonyl (C=O) groups is 1. The second-order valence-electron chi connectivity index (χ2n) is 6.88. The molecule has 7 nitrogen and oxygen atoms in total. The standard InChI is InChI=1S/C16H20N4O3/c1-8-2-14-18-16(23)12(7-20(14)19-8)15(22)17-6-11-4-10-3-9(11)5-13(10)21/h2,7,9-11,13,21H,3-6H2,1H3,(H,17,22)(H,18,23)/t9-,10-,11+,13-/m1/s1. The van der Waals surface area contributed by atoms with Crippen LogP contribution in [0, 0.1) is 24.7 Å². The third-order valence-corrected chi connectivity index (χ3v) is 5.33. The van der Waals surface area contributed by atoms with E-state index in [1.54, 1.807) is 6.07 Å². The Balaban J connectivity index is 1.47. The molecule has 122 valence electrons. The number of aromatic amines is 1. The van der Waals surface area contributed by atoms with Crippen molar-refractivity contribution in [2.75, 3.05) is 6.54 Å². The molecule has 7 heteroatoms. The molecule has 23 heavy (non-hydrogen) atoms. The van der Waals surface area contributed by atoms with Crippen LogP contribution in [0.3, 0.4) is 0 Å². The Kier molecular flexibility index (Phi) is 3.26. The number of fused-ring (bicyclic) bond motifs is 3. The first-order valence-corrected chi connectivity index (χ1v) is 8.07. The number of hydrogen-bond donors (Lipinski definition) is 3. The van der Waals surface area contributed by atoms with Crippen LogP contribution in [0.15, 0.2) is 17.1 Å². The minimum absolute atomic E-state index is 0.0730. The van der Waals surface area contributed by atoms with Gasteiger partial charge in [-0.25, -0.2) is 4.52 Å². The molecule has 1 amide bonds. The van der Waals surface area contributed by atoms with Crippen molar-refractivity contribution in [1.29, 1.82) is 0 Å². The molecule has 4 atom stereocenters. The van der Waals surface area contributed by atoms with Crippen LogP contribution in [0.2, 0.25) is 0 Å². The maximum atomic E-state index is 12.3. The number of aryl methyl sites for hydroxylation is 1. The highest BCUT2D eigenvalue weighted by molar-refractivity contribution is 5.93. The summed E-state index contributed by atoms with van der Waals surface area (Å²) in [6.07, 6.45) is 4.16. The molecule has 2 bridgehead atoms. The van der Waals surface area contributed by atoms with Gasteiger partial charge in [-0.2, -0.15) is 5.10 Å². The van der Waals surface area contributed by atoms with Gasteiger partial charge in [0.15, 0.2) is 0 Å². The van der Waals surface area contributed by atoms with Gasteiger partial charge in [0, 0.05) is 18.8 Å². The van der Waals surface area contributed by atoms with Crippen molar-refractivity contribution < 1.29 is 9.90 Å². The Labute approximate surface area is 132 Å². The lowest BCUT2D eigenvalue weighted by molar-refractivity contribution is 0.0872. The Bertz CT molecular complexity index is 822. The minimum Gasteiger partial charge on any atom is -0.393 e. The fourth-order valence-electron chi connectivity index (χ4n) is 4.17. The normalized spacial score (nSPS) is 29.3. The van der Waals surface area contributed by atoms with Crippen molar-refractivity contribution in [3.05, 3.63) is 33.9 Å². The summed E-state index contributed by atoms with van der Waals surface area (Å²) in [6.45, 7) is 2.39. The fraction of sp³-hybridized carbons (Fsp3) is 0.562. The molecule has 2 aromatic rings. The number of rotatable bonds is 3. The van der Waals surface area contributed by atoms with Gasteiger partial charge in [-0.05, 0) is 43.9 Å². The number of aliphatic hydroxyl groups is 1. The second-order valence-corrected chi connectivity index (χ2v) is 6.88. The molecule has 4 rings (SSSR count). The molecular formula is C16H20N4O3. The van der Waals surface area contributed by atoms with Gasteiger partial charge in [0.2, 0.25) is 0 Å². The molecular weight excluding hydrogens is 296 g/mol. The smallest absolute Gasteiger partial charge is 0.263 e. The Hall–Kier alpha value is -2.15. The van der Waals surface area contributed by atoms with Gasteiger partial charge < -0.3 is 15.4 Å². The molecule has 0 aliphatic heterocycles. The number of amides is 1. The van der Waals surface area contributed by atoms with Gasteiger partial charge in [0.05, 0.1) is 11.8 Å². The number of carbonyl (C=O) groups excluding carboxylic acids is 1. The van der Waals surface area contributed by atoms with Crippen molar-refractivity contribution in [1.82, 2.24) is 19.9 Å². The van der Waals surface area contributed by atoms with Gasteiger partial charge in [-0.1, -0.05) is 0 Å². The van der Waals surface area contributed by atoms with Crippen molar-refractivity contribution in [2.24, 2.45) is 17.8 Å². The first-order chi connectivity index (χ1) is 11.0. The zero-order valence-electron chi connectivity index (χ0n) is 13.0. The van der Waals surface area contributed by atoms with E-state index in [0.29, 0.717) is 29.9 Å². The molecule has 2 heterocycles. The molecule has 2 aliphatic carbocycles. The average molecular weight is 316 g/mol. The predicted octanol–water partition coefficient (Wildman–Crippen LogP) is 0.468. The van der Waals surface area contributed by atoms with Crippen LogP contribution in [-0.2, 0) is 0 Å². The third kappa shape index (κ3) is 2.45. The number of hydrogen-bond acceptors (Lipinski definition) is 4. The molecule has 0 spiro atoms. The Morgan fingerprint density at radius 3 is 2.96 bits per heavy atom. The van der Waals surface area contributed by atoms with E-state index >= 15 is 0 Å². The lowest BCUT2D eigenvalue weighted by Crippen LogP contribution is -2.36. The summed E-state index contributed by atoms with van der Waals surface area (Å²) in [7, 11) is 0. The van der Waals surface area contributed by atoms with Crippen LogP contribution in [0.4, 0.5) is 0 Å². The van der Waals surface area contributed by atoms with Gasteiger partial charge in [0.1, 0.15) is 11.2 Å². The third-order valence-electron chi connectivity index (χ3n) is 5.33. The van der Waals surface area contributed by atoms with Crippen molar-refractivity contribution in [3.63, 3.8) is 0 Å². The summed E-state index contributed by atoms with van der Waals surface area (Å²) in [5.41, 5.74) is 1.02. The predicted molar refractivity (Wildman–Crippen MR) is 83.2 cm³/mol. The van der Waals surface area contributed by atoms with E-state index < -0.39 is 5.56 Å². The van der Waals surface area contributed by atoms with Crippen LogP contribution < -0.4 is 10.9 Å². The summed E-state index contributed by atoms with van der Waals surface area (Å²) < 4.78 is 1.51. The van der Waals surface area contributed by atoms with Gasteiger partial charge in [0.25, 0.3) is 11.5 Å². The molecule has 2 aliphatic rings. The van der Waals surface area contributed by atoms with E-state index in [1.807, 2.05) is 6.92 Å². The van der Waals surface area contributed by atoms with E-state index in [-0.39, 0.29) is 17.6 Å². The van der Waals surface area contributed by atoms with Crippen molar-refractivity contribution >= 4 is 11.6 Å². The zero-order valence-corrected chi connectivity index (χ0v) is 13.0. The number of aromatic nitrogens is 3. The summed E-state index contributed by atoms with van der Waals surface area (Å²) in [5.74, 6) is 0.908. The highest BCUT2D eigenvalue weighted by Crippen LogP contribution is 2.48. The first kappa shape index (κ1) is 14.4. The molecule has 0 aromatic carbocycles. The monoisotopic (exact) mass is 316 g/mol. The molecule has 0 radical (unpaired) electrons. The quantitative estimate of drug-likeness (QED) is 0.766. The average Bonchev–Trinajstić information content (AvgIpc) is 3.16. The molecule has 0 saturated heterocycles. The van der Waals surface area contributed by atoms with Crippen LogP contribution >= 0.6 is 0 Å². The lowest BCUT2D eigenvalue weighted by atomic mass is 9.87. The summed E-state index contributed by atoms with van der Waals surface area (Å²) in [6, 6.07) is 1.75. The van der Waals surface area contributed by atoms with E-state index in [2.05, 4.69) is 15.4 Å². The number of nitrogens with one attached hydrogen (secondary N) is 2. The van der Waals surface area contributed by atoms with E-state index in [0.717, 1.165) is 25.0 Å². The van der Waals surface area contributed by atoms with Crippen LogP contribution in [0.1, 0.15) is 35.3 Å². The largest absolute Gasteiger partial charge is 0.393 e. The highest BCUT2D eigenvalue weighted by atomic mass is 16.3. The van der Waals surface area contributed by atoms with Crippen molar-refractivity contribution in [2.45, 2.75) is 32.3 Å². The van der Waals surface area contributed by atoms with Gasteiger partial charge in [-0.3, -0.25) is 9.59 Å². The van der Waals surface area contributed by atoms with Gasteiger partial charge >= 0.3 is 0 Å². The van der Waals surface area contributed by atoms with E-state index in [4.69, 9.17) is 0 Å². The highest BCUT2D eigenvalue weighted by Gasteiger charge is 2.44. The van der Waals surface area contributed by atoms with Crippen LogP contribution in [-0.4, -0.2) is 38.3 Å². The maximum Gasteiger partial charge on any atom is 0.263 e. The zero-order chi connectivity index (χ0) is 16.1. The topological polar surface area (TPSA) is 99.5 Å². The van der Waals surface area contributed by atoms with E-state index in [1.165, 1.54) is 10.7 Å². The van der Waals surface area contributed by atoms with Crippen LogP contribution in [0.25, 0.3) is 5.65 Å². The summed E-state index contributed by atoms with van der Waals surface area (Å²) in [4.78, 5) is 27.1. The molecule has 2 aromatic heterocycles. The SMILES string of the molecule is Cc1cc2[nH]c(=O)c(C(=O)NC[C@@H]3C[C@H]4C[C@@H]3C[C@H]4O)cn2n1. The minimum atomic E-state index is -0.404. The number of aliphatic hydroxyl groups excluding tert-OH is 1. The Morgan fingerprint density at radius 1 is 1.43 bits per heavy atom. The molecule has 2 fully saturated rings. The number of nitrogens with zero attached hydrogens (tertiary/aromatic N) is 2. The van der Waals surface area contributed by atoms with Crippen molar-refractivity contribution in [3.8, 4) is 0 Å². The molecule has 3 N–H and O–H groups in total. The second kappa shape index (κ2) is 5.19. The fourth-order valence-corrected chi connectivity index (χ4v) is 4.17. The first-order valence-electron chi connectivity index (χ1n) is 8.07. The molecule has 0 unspecified atom stereocenters. The van der Waals surface area contributed by atoms with Crippen LogP contribution in [0.5, 0.6) is 0 Å². The summed E-state index contributed by atoms with van der Waals surface area (Å²) in [5, 5.41) is 16.9. The lowest BCUT2D eigenvalue weighted by Gasteiger charge is -2.24. The Morgan fingerprint density at radius 2 is 2.26 bits per heavy atom. The molecule has 2 saturated carbocycles. The van der Waals surface area contributed by atoms with Gasteiger partial charge in [-0.15, -0.1) is 0 Å². The maximum absolute atomic E-state index is 12.3. The number of H-pyrrole nitrogens is 1. The van der Waals surface area contributed by atoms with E-state index in [9.17, 15) is 14.7 Å². The summed E-state index contributed by atoms with van der Waals surface area (Å²) >= 11 is 0.